The smallest absolute Gasteiger partial charge is 0.251 e. The van der Waals surface area contributed by atoms with E-state index in [2.05, 4.69) is 15.5 Å². The Hall–Kier alpha value is -3.06. The maximum Gasteiger partial charge on any atom is 0.251 e. The Bertz CT molecular complexity index is 958. The van der Waals surface area contributed by atoms with Crippen molar-refractivity contribution < 1.29 is 19.1 Å². The Morgan fingerprint density at radius 3 is 2.65 bits per heavy atom. The molecule has 31 heavy (non-hydrogen) atoms. The summed E-state index contributed by atoms with van der Waals surface area (Å²) in [7, 11) is 3.30. The first-order chi connectivity index (χ1) is 15.1. The van der Waals surface area contributed by atoms with Crippen molar-refractivity contribution in [2.24, 2.45) is 0 Å². The molecule has 2 aromatic rings. The van der Waals surface area contributed by atoms with Crippen molar-refractivity contribution in [3.63, 3.8) is 0 Å². The lowest BCUT2D eigenvalue weighted by atomic mass is 10.0. The van der Waals surface area contributed by atoms with E-state index in [1.54, 1.807) is 38.5 Å². The first-order valence-corrected chi connectivity index (χ1v) is 10.7. The summed E-state index contributed by atoms with van der Waals surface area (Å²) in [6.45, 7) is 1.10. The fourth-order valence-corrected chi connectivity index (χ4v) is 4.09. The summed E-state index contributed by atoms with van der Waals surface area (Å²) >= 11 is 0. The normalized spacial score (nSPS) is 18.5. The van der Waals surface area contributed by atoms with Gasteiger partial charge in [-0.15, -0.1) is 0 Å². The van der Waals surface area contributed by atoms with Gasteiger partial charge in [0, 0.05) is 28.9 Å². The van der Waals surface area contributed by atoms with Crippen molar-refractivity contribution in [3.8, 4) is 11.5 Å². The number of benzene rings is 2. The zero-order chi connectivity index (χ0) is 21.8. The molecule has 0 bridgehead atoms. The fourth-order valence-electron chi connectivity index (χ4n) is 4.09. The number of methoxy groups -OCH3 is 2. The summed E-state index contributed by atoms with van der Waals surface area (Å²) in [4.78, 5) is 27.2. The number of nitrogens with zero attached hydrogens (tertiary/aromatic N) is 1. The first-order valence-electron chi connectivity index (χ1n) is 10.7. The lowest BCUT2D eigenvalue weighted by molar-refractivity contribution is -0.117. The van der Waals surface area contributed by atoms with Crippen LogP contribution in [0.2, 0.25) is 0 Å². The molecule has 1 atom stereocenters. The van der Waals surface area contributed by atoms with Gasteiger partial charge in [-0.3, -0.25) is 14.5 Å². The predicted molar refractivity (Wildman–Crippen MR) is 119 cm³/mol. The summed E-state index contributed by atoms with van der Waals surface area (Å²) in [5.74, 6) is 1.37. The number of likely N-dealkylation sites (tertiary alicyclic amines) is 1. The minimum absolute atomic E-state index is 0.0893. The van der Waals surface area contributed by atoms with Gasteiger partial charge in [-0.1, -0.05) is 6.07 Å². The molecule has 1 saturated heterocycles. The quantitative estimate of drug-likeness (QED) is 0.681. The topological polar surface area (TPSA) is 79.9 Å². The molecule has 2 aromatic carbocycles. The van der Waals surface area contributed by atoms with Gasteiger partial charge in [-0.2, -0.15) is 0 Å². The van der Waals surface area contributed by atoms with Crippen LogP contribution < -0.4 is 20.1 Å². The van der Waals surface area contributed by atoms with Crippen LogP contribution in [0.25, 0.3) is 0 Å². The third kappa shape index (κ3) is 5.17. The molecule has 1 aliphatic heterocycles. The zero-order valence-electron chi connectivity index (χ0n) is 18.0. The highest BCUT2D eigenvalue weighted by atomic mass is 16.5. The fraction of sp³-hybridized carbons (Fsp3) is 0.417. The Balaban J connectivity index is 1.42. The van der Waals surface area contributed by atoms with Gasteiger partial charge in [-0.05, 0) is 68.6 Å². The number of hydrogen-bond donors (Lipinski definition) is 2. The Kier molecular flexibility index (Phi) is 6.42. The van der Waals surface area contributed by atoms with Gasteiger partial charge < -0.3 is 20.1 Å². The van der Waals surface area contributed by atoms with Gasteiger partial charge in [0.2, 0.25) is 5.91 Å². The summed E-state index contributed by atoms with van der Waals surface area (Å²) in [6.07, 6.45) is 4.04. The molecule has 7 heteroatoms. The van der Waals surface area contributed by atoms with Crippen LogP contribution >= 0.6 is 0 Å². The average molecular weight is 424 g/mol. The molecule has 4 rings (SSSR count). The largest absolute Gasteiger partial charge is 0.497 e. The summed E-state index contributed by atoms with van der Waals surface area (Å²) in [5, 5.41) is 5.91. The van der Waals surface area contributed by atoms with Crippen LogP contribution in [0.4, 0.5) is 5.69 Å². The van der Waals surface area contributed by atoms with E-state index in [9.17, 15) is 9.59 Å². The molecule has 1 heterocycles. The lowest BCUT2D eigenvalue weighted by Crippen LogP contribution is -2.33. The minimum atomic E-state index is -0.103. The highest BCUT2D eigenvalue weighted by molar-refractivity contribution is 5.97. The second-order valence-electron chi connectivity index (χ2n) is 8.11. The monoisotopic (exact) mass is 423 g/mol. The van der Waals surface area contributed by atoms with Crippen molar-refractivity contribution in [3.05, 3.63) is 53.6 Å². The Morgan fingerprint density at radius 2 is 1.90 bits per heavy atom. The van der Waals surface area contributed by atoms with Crippen LogP contribution in [0.1, 0.15) is 47.6 Å². The molecule has 1 saturated carbocycles. The van der Waals surface area contributed by atoms with Crippen LogP contribution in [0.5, 0.6) is 11.5 Å². The SMILES string of the molecule is COc1ccc(OC)c(C2CCCN2CC(=O)Nc2cccc(C(=O)NC3CC3)c2)c1. The van der Waals surface area contributed by atoms with Crippen molar-refractivity contribution in [2.45, 2.75) is 37.8 Å². The number of anilines is 1. The zero-order valence-corrected chi connectivity index (χ0v) is 18.0. The number of amides is 2. The number of carbonyl (C=O) groups is 2. The van der Waals surface area contributed by atoms with Gasteiger partial charge in [0.1, 0.15) is 11.5 Å². The molecule has 1 unspecified atom stereocenters. The second kappa shape index (κ2) is 9.39. The van der Waals surface area contributed by atoms with Crippen LogP contribution in [-0.4, -0.2) is 50.1 Å². The third-order valence-corrected chi connectivity index (χ3v) is 5.83. The average Bonchev–Trinajstić information content (AvgIpc) is 3.48. The highest BCUT2D eigenvalue weighted by Gasteiger charge is 2.30. The minimum Gasteiger partial charge on any atom is -0.497 e. The first kappa shape index (κ1) is 21.2. The Labute approximate surface area is 182 Å². The lowest BCUT2D eigenvalue weighted by Gasteiger charge is -2.26. The molecular weight excluding hydrogens is 394 g/mol. The number of rotatable bonds is 8. The van der Waals surface area contributed by atoms with E-state index < -0.39 is 0 Å². The van der Waals surface area contributed by atoms with Crippen LogP contribution in [0, 0.1) is 0 Å². The number of ether oxygens (including phenoxy) is 2. The van der Waals surface area contributed by atoms with Crippen molar-refractivity contribution in [1.82, 2.24) is 10.2 Å². The predicted octanol–water partition coefficient (Wildman–Crippen LogP) is 3.37. The molecule has 0 aromatic heterocycles. The maximum absolute atomic E-state index is 12.8. The highest BCUT2D eigenvalue weighted by Crippen LogP contribution is 2.38. The third-order valence-electron chi connectivity index (χ3n) is 5.83. The van der Waals surface area contributed by atoms with Gasteiger partial charge in [0.05, 0.1) is 20.8 Å². The van der Waals surface area contributed by atoms with Crippen LogP contribution in [0.3, 0.4) is 0 Å². The molecule has 2 N–H and O–H groups in total. The standard InChI is InChI=1S/C24H29N3O4/c1-30-19-10-11-22(31-2)20(14-19)21-7-4-12-27(21)15-23(28)25-18-6-3-5-16(13-18)24(29)26-17-8-9-17/h3,5-6,10-11,13-14,17,21H,4,7-9,12,15H2,1-2H3,(H,25,28)(H,26,29). The van der Waals surface area contributed by atoms with E-state index in [0.29, 0.717) is 17.3 Å². The van der Waals surface area contributed by atoms with E-state index in [1.165, 1.54) is 0 Å². The Morgan fingerprint density at radius 1 is 1.06 bits per heavy atom. The summed E-state index contributed by atoms with van der Waals surface area (Å²) < 4.78 is 10.9. The van der Waals surface area contributed by atoms with Crippen molar-refractivity contribution >= 4 is 17.5 Å². The summed E-state index contributed by atoms with van der Waals surface area (Å²) in [5.41, 5.74) is 2.22. The molecule has 2 fully saturated rings. The van der Waals surface area contributed by atoms with Crippen molar-refractivity contribution in [2.75, 3.05) is 32.6 Å². The number of carbonyl (C=O) groups excluding carboxylic acids is 2. The van der Waals surface area contributed by atoms with Gasteiger partial charge >= 0.3 is 0 Å². The maximum atomic E-state index is 12.8. The van der Waals surface area contributed by atoms with E-state index in [1.807, 2.05) is 18.2 Å². The molecule has 7 nitrogen and oxygen atoms in total. The molecule has 2 aliphatic rings. The molecule has 0 spiro atoms. The number of hydrogen-bond acceptors (Lipinski definition) is 5. The molecular formula is C24H29N3O4. The van der Waals surface area contributed by atoms with Crippen molar-refractivity contribution in [1.29, 1.82) is 0 Å². The summed E-state index contributed by atoms with van der Waals surface area (Å²) in [6, 6.07) is 13.2. The van der Waals surface area contributed by atoms with E-state index in [-0.39, 0.29) is 24.4 Å². The van der Waals surface area contributed by atoms with Gasteiger partial charge in [0.15, 0.2) is 0 Å². The van der Waals surface area contributed by atoms with Crippen LogP contribution in [0.15, 0.2) is 42.5 Å². The molecule has 2 amide bonds. The van der Waals surface area contributed by atoms with E-state index >= 15 is 0 Å². The molecule has 164 valence electrons. The van der Waals surface area contributed by atoms with Crippen LogP contribution in [-0.2, 0) is 4.79 Å². The van der Waals surface area contributed by atoms with Gasteiger partial charge in [0.25, 0.3) is 5.91 Å². The molecule has 1 aliphatic carbocycles. The molecule has 0 radical (unpaired) electrons. The van der Waals surface area contributed by atoms with E-state index in [4.69, 9.17) is 9.47 Å². The second-order valence-corrected chi connectivity index (χ2v) is 8.11. The van der Waals surface area contributed by atoms with Gasteiger partial charge in [-0.25, -0.2) is 0 Å². The van der Waals surface area contributed by atoms with E-state index in [0.717, 1.165) is 49.3 Å². The number of nitrogens with one attached hydrogen (secondary N) is 2.